The topological polar surface area (TPSA) is 21.3 Å². The van der Waals surface area contributed by atoms with Crippen LogP contribution in [0, 0.1) is 5.92 Å². The Bertz CT molecular complexity index is 181. The average molecular weight is 211 g/mol. The summed E-state index contributed by atoms with van der Waals surface area (Å²) < 4.78 is 6.25. The van der Waals surface area contributed by atoms with Crippen molar-refractivity contribution >= 4 is 0 Å². The highest BCUT2D eigenvalue weighted by Crippen LogP contribution is 2.35. The zero-order valence-electron chi connectivity index (χ0n) is 10.1. The fourth-order valence-corrected chi connectivity index (χ4v) is 2.65. The Morgan fingerprint density at radius 3 is 2.33 bits per heavy atom. The van der Waals surface area contributed by atoms with Crippen LogP contribution in [0.5, 0.6) is 0 Å². The molecule has 0 aliphatic heterocycles. The van der Waals surface area contributed by atoms with E-state index in [9.17, 15) is 0 Å². The molecule has 0 spiro atoms. The molecule has 0 amide bonds. The maximum atomic E-state index is 6.25. The molecule has 0 aromatic heterocycles. The van der Waals surface area contributed by atoms with Crippen LogP contribution in [0.2, 0.25) is 0 Å². The van der Waals surface area contributed by atoms with Gasteiger partial charge in [-0.1, -0.05) is 25.7 Å². The summed E-state index contributed by atoms with van der Waals surface area (Å²) in [5, 5.41) is 3.33. The van der Waals surface area contributed by atoms with Gasteiger partial charge in [-0.05, 0) is 38.6 Å². The summed E-state index contributed by atoms with van der Waals surface area (Å²) in [6.45, 7) is 2.06. The normalized spacial score (nSPS) is 26.2. The second-order valence-corrected chi connectivity index (χ2v) is 5.38. The zero-order valence-corrected chi connectivity index (χ0v) is 10.1. The van der Waals surface area contributed by atoms with Crippen molar-refractivity contribution in [3.8, 4) is 0 Å². The Hall–Kier alpha value is -0.0800. The van der Waals surface area contributed by atoms with Crippen LogP contribution in [0.15, 0.2) is 0 Å². The molecule has 2 fully saturated rings. The molecule has 1 N–H and O–H groups in total. The van der Waals surface area contributed by atoms with Crippen molar-refractivity contribution < 1.29 is 4.74 Å². The van der Waals surface area contributed by atoms with Crippen molar-refractivity contribution in [3.63, 3.8) is 0 Å². The Morgan fingerprint density at radius 1 is 1.13 bits per heavy atom. The molecule has 0 aromatic carbocycles. The third kappa shape index (κ3) is 3.46. The van der Waals surface area contributed by atoms with E-state index in [0.29, 0.717) is 0 Å². The molecular formula is C13H25NO. The predicted molar refractivity (Wildman–Crippen MR) is 63.0 cm³/mol. The van der Waals surface area contributed by atoms with Crippen LogP contribution in [0.1, 0.15) is 51.4 Å². The fourth-order valence-electron chi connectivity index (χ4n) is 2.65. The van der Waals surface area contributed by atoms with Gasteiger partial charge in [-0.2, -0.15) is 0 Å². The lowest BCUT2D eigenvalue weighted by molar-refractivity contribution is -0.0585. The van der Waals surface area contributed by atoms with Crippen molar-refractivity contribution in [2.45, 2.75) is 57.0 Å². The van der Waals surface area contributed by atoms with E-state index in [4.69, 9.17) is 4.74 Å². The van der Waals surface area contributed by atoms with Gasteiger partial charge >= 0.3 is 0 Å². The van der Waals surface area contributed by atoms with E-state index < -0.39 is 0 Å². The number of hydrogen-bond acceptors (Lipinski definition) is 2. The number of nitrogens with one attached hydrogen (secondary N) is 1. The first kappa shape index (κ1) is 11.4. The minimum absolute atomic E-state index is 0.174. The molecule has 0 aromatic rings. The molecular weight excluding hydrogens is 186 g/mol. The first-order valence-corrected chi connectivity index (χ1v) is 6.63. The number of hydrogen-bond donors (Lipinski definition) is 1. The van der Waals surface area contributed by atoms with Crippen LogP contribution in [0.3, 0.4) is 0 Å². The van der Waals surface area contributed by atoms with Crippen molar-refractivity contribution in [1.29, 1.82) is 0 Å². The second-order valence-electron chi connectivity index (χ2n) is 5.38. The average Bonchev–Trinajstić information content (AvgIpc) is 3.03. The monoisotopic (exact) mass is 211 g/mol. The van der Waals surface area contributed by atoms with Crippen molar-refractivity contribution in [2.75, 3.05) is 20.2 Å². The quantitative estimate of drug-likeness (QED) is 0.706. The smallest absolute Gasteiger partial charge is 0.0806 e. The van der Waals surface area contributed by atoms with E-state index in [0.717, 1.165) is 19.1 Å². The summed E-state index contributed by atoms with van der Waals surface area (Å²) in [7, 11) is 2.05. The van der Waals surface area contributed by atoms with Gasteiger partial charge < -0.3 is 10.1 Å². The molecule has 15 heavy (non-hydrogen) atoms. The van der Waals surface area contributed by atoms with Gasteiger partial charge in [0.05, 0.1) is 12.2 Å². The highest BCUT2D eigenvalue weighted by Gasteiger charge is 2.33. The Labute approximate surface area is 93.8 Å². The van der Waals surface area contributed by atoms with Gasteiger partial charge in [0.25, 0.3) is 0 Å². The van der Waals surface area contributed by atoms with Crippen LogP contribution in [0.4, 0.5) is 0 Å². The molecule has 2 aliphatic rings. The first-order valence-electron chi connectivity index (χ1n) is 6.63. The van der Waals surface area contributed by atoms with Crippen molar-refractivity contribution in [2.24, 2.45) is 5.92 Å². The van der Waals surface area contributed by atoms with Crippen LogP contribution in [-0.4, -0.2) is 25.8 Å². The second kappa shape index (κ2) is 5.31. The Morgan fingerprint density at radius 2 is 1.80 bits per heavy atom. The SMILES string of the molecule is CNCC1(OCC2CC2)CCCCCC1. The summed E-state index contributed by atoms with van der Waals surface area (Å²) in [6, 6.07) is 0. The molecule has 2 nitrogen and oxygen atoms in total. The van der Waals surface area contributed by atoms with Gasteiger partial charge in [0, 0.05) is 6.54 Å². The lowest BCUT2D eigenvalue weighted by atomic mass is 9.94. The number of ether oxygens (including phenoxy) is 1. The van der Waals surface area contributed by atoms with E-state index >= 15 is 0 Å². The van der Waals surface area contributed by atoms with Crippen LogP contribution < -0.4 is 5.32 Å². The third-order valence-electron chi connectivity index (χ3n) is 3.84. The van der Waals surface area contributed by atoms with Gasteiger partial charge in [-0.3, -0.25) is 0 Å². The molecule has 2 rings (SSSR count). The van der Waals surface area contributed by atoms with Gasteiger partial charge in [-0.25, -0.2) is 0 Å². The van der Waals surface area contributed by atoms with Gasteiger partial charge in [0.2, 0.25) is 0 Å². The van der Waals surface area contributed by atoms with Crippen molar-refractivity contribution in [1.82, 2.24) is 5.32 Å². The van der Waals surface area contributed by atoms with Crippen LogP contribution in [0.25, 0.3) is 0 Å². The van der Waals surface area contributed by atoms with Crippen molar-refractivity contribution in [3.05, 3.63) is 0 Å². The molecule has 88 valence electrons. The summed E-state index contributed by atoms with van der Waals surface area (Å²) in [6.07, 6.45) is 10.8. The molecule has 0 bridgehead atoms. The van der Waals surface area contributed by atoms with Gasteiger partial charge in [0.1, 0.15) is 0 Å². The van der Waals surface area contributed by atoms with E-state index in [1.54, 1.807) is 0 Å². The fraction of sp³-hybridized carbons (Fsp3) is 1.00. The summed E-state index contributed by atoms with van der Waals surface area (Å²) in [4.78, 5) is 0. The lowest BCUT2D eigenvalue weighted by Gasteiger charge is -2.33. The molecule has 0 saturated heterocycles. The highest BCUT2D eigenvalue weighted by molar-refractivity contribution is 4.86. The predicted octanol–water partition coefficient (Wildman–Crippen LogP) is 2.73. The molecule has 0 radical (unpaired) electrons. The summed E-state index contributed by atoms with van der Waals surface area (Å²) in [5.41, 5.74) is 0.174. The summed E-state index contributed by atoms with van der Waals surface area (Å²) in [5.74, 6) is 0.891. The largest absolute Gasteiger partial charge is 0.373 e. The molecule has 2 saturated carbocycles. The van der Waals surface area contributed by atoms with Gasteiger partial charge in [0.15, 0.2) is 0 Å². The minimum atomic E-state index is 0.174. The van der Waals surface area contributed by atoms with Crippen LogP contribution >= 0.6 is 0 Å². The lowest BCUT2D eigenvalue weighted by Crippen LogP contribution is -2.42. The molecule has 0 unspecified atom stereocenters. The van der Waals surface area contributed by atoms with E-state index in [1.165, 1.54) is 51.4 Å². The maximum Gasteiger partial charge on any atom is 0.0806 e. The first-order chi connectivity index (χ1) is 7.35. The van der Waals surface area contributed by atoms with E-state index in [2.05, 4.69) is 5.32 Å². The molecule has 2 heteroatoms. The molecule has 2 aliphatic carbocycles. The van der Waals surface area contributed by atoms with E-state index in [1.807, 2.05) is 7.05 Å². The Balaban J connectivity index is 1.86. The van der Waals surface area contributed by atoms with E-state index in [-0.39, 0.29) is 5.60 Å². The standard InChI is InChI=1S/C13H25NO/c1-14-11-13(15-10-12-6-7-12)8-4-2-3-5-9-13/h12,14H,2-11H2,1H3. The van der Waals surface area contributed by atoms with Crippen LogP contribution in [-0.2, 0) is 4.74 Å². The minimum Gasteiger partial charge on any atom is -0.373 e. The highest BCUT2D eigenvalue weighted by atomic mass is 16.5. The van der Waals surface area contributed by atoms with Gasteiger partial charge in [-0.15, -0.1) is 0 Å². The molecule has 0 atom stereocenters. The Kier molecular flexibility index (Phi) is 4.04. The third-order valence-corrected chi connectivity index (χ3v) is 3.84. The molecule has 0 heterocycles. The summed E-state index contributed by atoms with van der Waals surface area (Å²) >= 11 is 0. The number of likely N-dealkylation sites (N-methyl/N-ethyl adjacent to an activating group) is 1. The number of rotatable bonds is 5. The maximum absolute atomic E-state index is 6.25. The zero-order chi connectivity index (χ0) is 10.6.